The predicted octanol–water partition coefficient (Wildman–Crippen LogP) is 4.31. The molecule has 0 atom stereocenters. The predicted molar refractivity (Wildman–Crippen MR) is 110 cm³/mol. The smallest absolute Gasteiger partial charge is 0.222 e. The number of amides is 1. The van der Waals surface area contributed by atoms with Gasteiger partial charge in [0.25, 0.3) is 0 Å². The third kappa shape index (κ3) is 2.88. The molecule has 1 saturated carbocycles. The van der Waals surface area contributed by atoms with Gasteiger partial charge in [-0.15, -0.1) is 0 Å². The van der Waals surface area contributed by atoms with Gasteiger partial charge in [-0.05, 0) is 55.9 Å². The Bertz CT molecular complexity index is 874. The second-order valence-corrected chi connectivity index (χ2v) is 8.59. The second kappa shape index (κ2) is 6.87. The monoisotopic (exact) mass is 379 g/mol. The first-order chi connectivity index (χ1) is 13.7. The zero-order chi connectivity index (χ0) is 19.1. The van der Waals surface area contributed by atoms with Crippen LogP contribution < -0.4 is 10.1 Å². The van der Waals surface area contributed by atoms with Crippen molar-refractivity contribution >= 4 is 11.6 Å². The fourth-order valence-electron chi connectivity index (χ4n) is 5.36. The highest BCUT2D eigenvalue weighted by Gasteiger charge is 2.42. The number of anilines is 1. The molecule has 1 amide bonds. The van der Waals surface area contributed by atoms with Crippen LogP contribution in [0.2, 0.25) is 0 Å². The lowest BCUT2D eigenvalue weighted by atomic mass is 9.82. The number of hydrogen-bond donors (Lipinski definition) is 1. The first-order valence-corrected chi connectivity index (χ1v) is 10.6. The van der Waals surface area contributed by atoms with E-state index in [9.17, 15) is 4.79 Å². The van der Waals surface area contributed by atoms with Crippen molar-refractivity contribution in [1.82, 2.24) is 9.47 Å². The molecule has 2 aliphatic heterocycles. The number of nitrogens with one attached hydrogen (secondary N) is 1. The van der Waals surface area contributed by atoms with Crippen LogP contribution in [0.5, 0.6) is 5.75 Å². The first-order valence-electron chi connectivity index (χ1n) is 10.6. The third-order valence-electron chi connectivity index (χ3n) is 6.98. The Morgan fingerprint density at radius 1 is 1.21 bits per heavy atom. The molecule has 1 spiro atoms. The molecule has 2 fully saturated rings. The lowest BCUT2D eigenvalue weighted by molar-refractivity contribution is -0.133. The van der Waals surface area contributed by atoms with Crippen LogP contribution in [0.3, 0.4) is 0 Å². The van der Waals surface area contributed by atoms with Crippen LogP contribution in [0.15, 0.2) is 36.5 Å². The summed E-state index contributed by atoms with van der Waals surface area (Å²) in [6.07, 6.45) is 9.82. The lowest BCUT2D eigenvalue weighted by Crippen LogP contribution is -2.51. The molecule has 5 rings (SSSR count). The van der Waals surface area contributed by atoms with Gasteiger partial charge in [-0.25, -0.2) is 0 Å². The highest BCUT2D eigenvalue weighted by Crippen LogP contribution is 2.44. The normalized spacial score (nSPS) is 20.5. The van der Waals surface area contributed by atoms with Gasteiger partial charge in [-0.2, -0.15) is 0 Å². The molecule has 0 unspecified atom stereocenters. The summed E-state index contributed by atoms with van der Waals surface area (Å²) in [4.78, 5) is 14.9. The van der Waals surface area contributed by atoms with E-state index in [0.29, 0.717) is 11.8 Å². The first kappa shape index (κ1) is 17.7. The summed E-state index contributed by atoms with van der Waals surface area (Å²) in [5.41, 5.74) is 3.44. The molecule has 148 valence electrons. The molecule has 3 heterocycles. The number of hydrogen-bond acceptors (Lipinski definition) is 3. The maximum atomic E-state index is 12.8. The van der Waals surface area contributed by atoms with Crippen LogP contribution in [0.25, 0.3) is 5.69 Å². The summed E-state index contributed by atoms with van der Waals surface area (Å²) in [6, 6.07) is 10.5. The molecule has 0 radical (unpaired) electrons. The maximum absolute atomic E-state index is 12.8. The van der Waals surface area contributed by atoms with E-state index >= 15 is 0 Å². The number of piperidine rings is 1. The molecule has 1 aliphatic carbocycles. The van der Waals surface area contributed by atoms with E-state index in [-0.39, 0.29) is 5.54 Å². The Hall–Kier alpha value is -2.43. The van der Waals surface area contributed by atoms with Crippen molar-refractivity contribution in [3.8, 4) is 11.4 Å². The molecule has 1 aromatic heterocycles. The number of fused-ring (bicyclic) bond motifs is 4. The van der Waals surface area contributed by atoms with Gasteiger partial charge in [0, 0.05) is 37.5 Å². The lowest BCUT2D eigenvalue weighted by Gasteiger charge is -2.46. The molecule has 1 N–H and O–H groups in total. The number of likely N-dealkylation sites (tertiary alicyclic amines) is 1. The van der Waals surface area contributed by atoms with Crippen LogP contribution in [0.1, 0.15) is 50.6 Å². The topological polar surface area (TPSA) is 46.5 Å². The molecule has 5 heteroatoms. The van der Waals surface area contributed by atoms with Crippen molar-refractivity contribution in [3.63, 3.8) is 0 Å². The average molecular weight is 380 g/mol. The number of benzene rings is 1. The summed E-state index contributed by atoms with van der Waals surface area (Å²) in [6.45, 7) is 1.64. The average Bonchev–Trinajstić information content (AvgIpc) is 3.40. The SMILES string of the molecule is COc1ccc2c(c1)NC1(CCN(C(=O)CC3CCCC3)CC1)c1cccn1-2. The van der Waals surface area contributed by atoms with E-state index in [1.54, 1.807) is 7.11 Å². The third-order valence-corrected chi connectivity index (χ3v) is 6.98. The summed E-state index contributed by atoms with van der Waals surface area (Å²) in [5, 5.41) is 3.82. The van der Waals surface area contributed by atoms with E-state index in [2.05, 4.69) is 45.2 Å². The van der Waals surface area contributed by atoms with Crippen molar-refractivity contribution in [3.05, 3.63) is 42.2 Å². The molecule has 3 aliphatic rings. The van der Waals surface area contributed by atoms with Crippen molar-refractivity contribution in [2.45, 2.75) is 50.5 Å². The number of carbonyl (C=O) groups is 1. The van der Waals surface area contributed by atoms with Gasteiger partial charge in [0.1, 0.15) is 5.75 Å². The van der Waals surface area contributed by atoms with Gasteiger partial charge in [-0.1, -0.05) is 12.8 Å². The summed E-state index contributed by atoms with van der Waals surface area (Å²) in [5.74, 6) is 1.84. The fraction of sp³-hybridized carbons (Fsp3) is 0.522. The number of carbonyl (C=O) groups excluding carboxylic acids is 1. The van der Waals surface area contributed by atoms with Gasteiger partial charge in [0.15, 0.2) is 0 Å². The van der Waals surface area contributed by atoms with E-state index in [1.165, 1.54) is 31.4 Å². The summed E-state index contributed by atoms with van der Waals surface area (Å²) >= 11 is 0. The maximum Gasteiger partial charge on any atom is 0.222 e. The van der Waals surface area contributed by atoms with Gasteiger partial charge in [-0.3, -0.25) is 4.79 Å². The number of ether oxygens (including phenoxy) is 1. The number of nitrogens with zero attached hydrogens (tertiary/aromatic N) is 2. The van der Waals surface area contributed by atoms with Crippen LogP contribution in [0, 0.1) is 5.92 Å². The van der Waals surface area contributed by atoms with E-state index in [0.717, 1.165) is 49.5 Å². The highest BCUT2D eigenvalue weighted by atomic mass is 16.5. The van der Waals surface area contributed by atoms with Gasteiger partial charge >= 0.3 is 0 Å². The summed E-state index contributed by atoms with van der Waals surface area (Å²) in [7, 11) is 1.70. The molecule has 5 nitrogen and oxygen atoms in total. The van der Waals surface area contributed by atoms with Crippen molar-refractivity contribution < 1.29 is 9.53 Å². The minimum atomic E-state index is -0.118. The van der Waals surface area contributed by atoms with E-state index < -0.39 is 0 Å². The Morgan fingerprint density at radius 2 is 2.00 bits per heavy atom. The van der Waals surface area contributed by atoms with Gasteiger partial charge in [0.05, 0.1) is 24.0 Å². The number of rotatable bonds is 3. The molecule has 1 aromatic carbocycles. The minimum absolute atomic E-state index is 0.118. The molecular weight excluding hydrogens is 350 g/mol. The Morgan fingerprint density at radius 3 is 2.75 bits per heavy atom. The largest absolute Gasteiger partial charge is 0.497 e. The minimum Gasteiger partial charge on any atom is -0.497 e. The zero-order valence-electron chi connectivity index (χ0n) is 16.6. The van der Waals surface area contributed by atoms with Gasteiger partial charge < -0.3 is 19.5 Å². The summed E-state index contributed by atoms with van der Waals surface area (Å²) < 4.78 is 7.73. The molecule has 28 heavy (non-hydrogen) atoms. The molecule has 0 bridgehead atoms. The van der Waals surface area contributed by atoms with Crippen molar-refractivity contribution in [2.75, 3.05) is 25.5 Å². The number of methoxy groups -OCH3 is 1. The Labute approximate surface area is 166 Å². The van der Waals surface area contributed by atoms with Crippen LogP contribution in [-0.2, 0) is 10.3 Å². The van der Waals surface area contributed by atoms with Crippen molar-refractivity contribution in [1.29, 1.82) is 0 Å². The Kier molecular flexibility index (Phi) is 4.33. The highest BCUT2D eigenvalue weighted by molar-refractivity contribution is 5.77. The quantitative estimate of drug-likeness (QED) is 0.864. The fourth-order valence-corrected chi connectivity index (χ4v) is 5.36. The van der Waals surface area contributed by atoms with Crippen molar-refractivity contribution in [2.24, 2.45) is 5.92 Å². The van der Waals surface area contributed by atoms with Crippen LogP contribution in [-0.4, -0.2) is 35.6 Å². The molecule has 1 saturated heterocycles. The second-order valence-electron chi connectivity index (χ2n) is 8.59. The van der Waals surface area contributed by atoms with E-state index in [1.807, 2.05) is 6.07 Å². The standard InChI is InChI=1S/C23H29N3O2/c1-28-18-8-9-20-19(16-18)24-23(21-7-4-12-26(20)21)10-13-25(14-11-23)22(27)15-17-5-2-3-6-17/h4,7-9,12,16-17,24H,2-3,5-6,10-11,13-15H2,1H3. The zero-order valence-corrected chi connectivity index (χ0v) is 16.6. The van der Waals surface area contributed by atoms with Crippen LogP contribution >= 0.6 is 0 Å². The van der Waals surface area contributed by atoms with Crippen LogP contribution in [0.4, 0.5) is 5.69 Å². The van der Waals surface area contributed by atoms with E-state index in [4.69, 9.17) is 4.74 Å². The molecule has 2 aromatic rings. The van der Waals surface area contributed by atoms with Gasteiger partial charge in [0.2, 0.25) is 5.91 Å². The Balaban J connectivity index is 1.36. The molecular formula is C23H29N3O2. The number of aromatic nitrogens is 1.